The molecule has 0 saturated carbocycles. The summed E-state index contributed by atoms with van der Waals surface area (Å²) in [5, 5.41) is 2.86. The molecule has 0 unspecified atom stereocenters. The first-order valence-electron chi connectivity index (χ1n) is 8.15. The molecule has 1 N–H and O–H groups in total. The summed E-state index contributed by atoms with van der Waals surface area (Å²) in [6.07, 6.45) is 1.04. The lowest BCUT2D eigenvalue weighted by Gasteiger charge is -2.17. The summed E-state index contributed by atoms with van der Waals surface area (Å²) >= 11 is 0. The van der Waals surface area contributed by atoms with E-state index in [4.69, 9.17) is 0 Å². The van der Waals surface area contributed by atoms with Crippen LogP contribution in [0, 0.1) is 5.82 Å². The molecule has 0 fully saturated rings. The van der Waals surface area contributed by atoms with Crippen LogP contribution in [0.5, 0.6) is 0 Å². The molecule has 3 rings (SSSR count). The number of rotatable bonds is 4. The SMILES string of the molecule is CCN1CCc2ccc(NC(=O)c3ccc(N(C)C)c(F)c3)cc21. The Hall–Kier alpha value is -2.56. The van der Waals surface area contributed by atoms with Gasteiger partial charge in [-0.3, -0.25) is 4.79 Å². The number of likely N-dealkylation sites (N-methyl/N-ethyl adjacent to an activating group) is 1. The van der Waals surface area contributed by atoms with Crippen LogP contribution < -0.4 is 15.1 Å². The first kappa shape index (κ1) is 16.3. The van der Waals surface area contributed by atoms with Gasteiger partial charge in [0.15, 0.2) is 0 Å². The molecule has 1 aliphatic rings. The molecule has 0 radical (unpaired) electrons. The van der Waals surface area contributed by atoms with Crippen molar-refractivity contribution in [3.05, 3.63) is 53.3 Å². The van der Waals surface area contributed by atoms with Crippen molar-refractivity contribution in [3.8, 4) is 0 Å². The van der Waals surface area contributed by atoms with E-state index >= 15 is 0 Å². The highest BCUT2D eigenvalue weighted by molar-refractivity contribution is 6.04. The second kappa shape index (κ2) is 6.51. The fraction of sp³-hybridized carbons (Fsp3) is 0.316. The summed E-state index contributed by atoms with van der Waals surface area (Å²) < 4.78 is 14.0. The summed E-state index contributed by atoms with van der Waals surface area (Å²) in [4.78, 5) is 16.4. The molecule has 4 nitrogen and oxygen atoms in total. The highest BCUT2D eigenvalue weighted by Crippen LogP contribution is 2.30. The predicted molar refractivity (Wildman–Crippen MR) is 96.7 cm³/mol. The van der Waals surface area contributed by atoms with E-state index < -0.39 is 5.82 Å². The molecule has 1 heterocycles. The minimum atomic E-state index is -0.404. The Morgan fingerprint density at radius 3 is 2.71 bits per heavy atom. The van der Waals surface area contributed by atoms with Crippen LogP contribution in [0.3, 0.4) is 0 Å². The van der Waals surface area contributed by atoms with Crippen molar-refractivity contribution < 1.29 is 9.18 Å². The van der Waals surface area contributed by atoms with Crippen LogP contribution in [0.25, 0.3) is 0 Å². The van der Waals surface area contributed by atoms with Crippen LogP contribution in [0.15, 0.2) is 36.4 Å². The topological polar surface area (TPSA) is 35.6 Å². The van der Waals surface area contributed by atoms with Gasteiger partial charge in [0.1, 0.15) is 5.82 Å². The number of nitrogens with one attached hydrogen (secondary N) is 1. The van der Waals surface area contributed by atoms with E-state index in [1.807, 2.05) is 12.1 Å². The number of carbonyl (C=O) groups excluding carboxylic acids is 1. The minimum absolute atomic E-state index is 0.305. The van der Waals surface area contributed by atoms with E-state index in [1.54, 1.807) is 31.1 Å². The van der Waals surface area contributed by atoms with Gasteiger partial charge in [0.05, 0.1) is 5.69 Å². The molecule has 24 heavy (non-hydrogen) atoms. The van der Waals surface area contributed by atoms with Gasteiger partial charge in [-0.15, -0.1) is 0 Å². The normalized spacial score (nSPS) is 12.9. The van der Waals surface area contributed by atoms with Crippen LogP contribution in [0.1, 0.15) is 22.8 Å². The minimum Gasteiger partial charge on any atom is -0.375 e. The Labute approximate surface area is 141 Å². The van der Waals surface area contributed by atoms with Gasteiger partial charge in [-0.2, -0.15) is 0 Å². The molecule has 0 atom stereocenters. The van der Waals surface area contributed by atoms with Crippen LogP contribution in [0.2, 0.25) is 0 Å². The van der Waals surface area contributed by atoms with Gasteiger partial charge in [0, 0.05) is 44.1 Å². The van der Waals surface area contributed by atoms with Gasteiger partial charge < -0.3 is 15.1 Å². The highest BCUT2D eigenvalue weighted by Gasteiger charge is 2.18. The van der Waals surface area contributed by atoms with E-state index in [0.29, 0.717) is 11.3 Å². The molecule has 0 saturated heterocycles. The van der Waals surface area contributed by atoms with E-state index in [9.17, 15) is 9.18 Å². The molecule has 0 bridgehead atoms. The second-order valence-corrected chi connectivity index (χ2v) is 6.19. The maximum absolute atomic E-state index is 14.0. The number of hydrogen-bond acceptors (Lipinski definition) is 3. The number of nitrogens with zero attached hydrogens (tertiary/aromatic N) is 2. The Kier molecular flexibility index (Phi) is 4.42. The highest BCUT2D eigenvalue weighted by atomic mass is 19.1. The second-order valence-electron chi connectivity index (χ2n) is 6.19. The third-order valence-electron chi connectivity index (χ3n) is 4.41. The third kappa shape index (κ3) is 3.07. The van der Waals surface area contributed by atoms with Gasteiger partial charge >= 0.3 is 0 Å². The fourth-order valence-corrected chi connectivity index (χ4v) is 3.07. The van der Waals surface area contributed by atoms with Crippen LogP contribution in [-0.4, -0.2) is 33.1 Å². The maximum Gasteiger partial charge on any atom is 0.255 e. The van der Waals surface area contributed by atoms with Crippen molar-refractivity contribution >= 4 is 23.0 Å². The molecule has 0 spiro atoms. The number of hydrogen-bond donors (Lipinski definition) is 1. The average Bonchev–Trinajstić information content (AvgIpc) is 2.96. The number of halogens is 1. The van der Waals surface area contributed by atoms with Crippen LogP contribution in [-0.2, 0) is 6.42 Å². The molecule has 5 heteroatoms. The largest absolute Gasteiger partial charge is 0.375 e. The number of fused-ring (bicyclic) bond motifs is 1. The molecule has 2 aromatic rings. The quantitative estimate of drug-likeness (QED) is 0.933. The summed E-state index contributed by atoms with van der Waals surface area (Å²) in [7, 11) is 3.53. The molecule has 0 aliphatic carbocycles. The third-order valence-corrected chi connectivity index (χ3v) is 4.41. The van der Waals surface area contributed by atoms with Crippen LogP contribution in [0.4, 0.5) is 21.5 Å². The van der Waals surface area contributed by atoms with Crippen molar-refractivity contribution in [1.82, 2.24) is 0 Å². The summed E-state index contributed by atoms with van der Waals surface area (Å²) in [6.45, 7) is 4.08. The first-order valence-corrected chi connectivity index (χ1v) is 8.15. The van der Waals surface area contributed by atoms with E-state index in [-0.39, 0.29) is 5.91 Å². The van der Waals surface area contributed by atoms with Crippen molar-refractivity contribution in [2.24, 2.45) is 0 Å². The molecule has 126 valence electrons. The zero-order valence-corrected chi connectivity index (χ0v) is 14.3. The molecular formula is C19H22FN3O. The van der Waals surface area contributed by atoms with E-state index in [1.165, 1.54) is 17.3 Å². The molecule has 0 aromatic heterocycles. The Balaban J connectivity index is 1.79. The summed E-state index contributed by atoms with van der Waals surface area (Å²) in [5.41, 5.74) is 3.98. The fourth-order valence-electron chi connectivity index (χ4n) is 3.07. The monoisotopic (exact) mass is 327 g/mol. The number of anilines is 3. The Morgan fingerprint density at radius 2 is 2.04 bits per heavy atom. The average molecular weight is 327 g/mol. The van der Waals surface area contributed by atoms with Gasteiger partial charge in [-0.25, -0.2) is 4.39 Å². The molecule has 1 aliphatic heterocycles. The maximum atomic E-state index is 14.0. The van der Waals surface area contributed by atoms with Gasteiger partial charge in [-0.05, 0) is 49.2 Å². The van der Waals surface area contributed by atoms with Crippen molar-refractivity contribution in [1.29, 1.82) is 0 Å². The van der Waals surface area contributed by atoms with Crippen molar-refractivity contribution in [2.75, 3.05) is 42.3 Å². The van der Waals surface area contributed by atoms with Gasteiger partial charge in [0.25, 0.3) is 5.91 Å². The lowest BCUT2D eigenvalue weighted by molar-refractivity contribution is 0.102. The summed E-state index contributed by atoms with van der Waals surface area (Å²) in [5.74, 6) is -0.709. The van der Waals surface area contributed by atoms with Crippen molar-refractivity contribution in [2.45, 2.75) is 13.3 Å². The smallest absolute Gasteiger partial charge is 0.255 e. The molecule has 1 amide bonds. The van der Waals surface area contributed by atoms with E-state index in [2.05, 4.69) is 23.2 Å². The lowest BCUT2D eigenvalue weighted by Crippen LogP contribution is -2.19. The molecule has 2 aromatic carbocycles. The Morgan fingerprint density at radius 1 is 1.25 bits per heavy atom. The lowest BCUT2D eigenvalue weighted by atomic mass is 10.1. The standard InChI is InChI=1S/C19H22FN3O/c1-4-23-10-9-13-5-7-15(12-18(13)23)21-19(24)14-6-8-17(22(2)3)16(20)11-14/h5-8,11-12H,4,9-10H2,1-3H3,(H,21,24). The van der Waals surface area contributed by atoms with E-state index in [0.717, 1.165) is 25.2 Å². The van der Waals surface area contributed by atoms with Gasteiger partial charge in [0.2, 0.25) is 0 Å². The van der Waals surface area contributed by atoms with Crippen molar-refractivity contribution in [3.63, 3.8) is 0 Å². The first-order chi connectivity index (χ1) is 11.5. The Bertz CT molecular complexity index is 773. The zero-order valence-electron chi connectivity index (χ0n) is 14.3. The predicted octanol–water partition coefficient (Wildman–Crippen LogP) is 3.53. The number of carbonyl (C=O) groups is 1. The van der Waals surface area contributed by atoms with Gasteiger partial charge in [-0.1, -0.05) is 6.07 Å². The van der Waals surface area contributed by atoms with Crippen LogP contribution >= 0.6 is 0 Å². The molecular weight excluding hydrogens is 305 g/mol. The number of benzene rings is 2. The summed E-state index contributed by atoms with van der Waals surface area (Å²) in [6, 6.07) is 10.5. The zero-order chi connectivity index (χ0) is 17.3. The number of amides is 1.